The van der Waals surface area contributed by atoms with Gasteiger partial charge in [-0.05, 0) is 77.3 Å². The summed E-state index contributed by atoms with van der Waals surface area (Å²) in [4.78, 5) is 0. The molecule has 2 spiro atoms. The van der Waals surface area contributed by atoms with E-state index in [2.05, 4.69) is 12.6 Å². The van der Waals surface area contributed by atoms with E-state index in [0.29, 0.717) is 0 Å². The van der Waals surface area contributed by atoms with Crippen LogP contribution >= 0.6 is 12.6 Å². The highest BCUT2D eigenvalue weighted by Crippen LogP contribution is 3.07. The number of hydrogen-bond acceptors (Lipinski definition) is 1. The molecule has 0 nitrogen and oxygen atoms in total. The lowest BCUT2D eigenvalue weighted by molar-refractivity contribution is -0.602. The highest BCUT2D eigenvalue weighted by molar-refractivity contribution is 7.80. The van der Waals surface area contributed by atoms with Gasteiger partial charge in [-0.2, -0.15) is 12.6 Å². The highest BCUT2D eigenvalue weighted by atomic mass is 32.1. The fourth-order valence-electron chi connectivity index (χ4n) is 8.38. The predicted octanol–water partition coefficient (Wildman–Crippen LogP) is 2.45. The zero-order valence-electron chi connectivity index (χ0n) is 8.32. The molecule has 0 N–H and O–H groups in total. The molecule has 14 heavy (non-hydrogen) atoms. The van der Waals surface area contributed by atoms with Crippen molar-refractivity contribution in [1.29, 1.82) is 0 Å². The Balaban J connectivity index is 1.55. The van der Waals surface area contributed by atoms with Crippen molar-refractivity contribution in [3.05, 3.63) is 0 Å². The molecule has 9 atom stereocenters. The standard InChI is InChI=1S/C13H16S/c14-4-6-7-3-9-8-1-5-2-10-11(6)13(7,9)12(5,8)10/h5-11,14H,1-4H2. The predicted molar refractivity (Wildman–Crippen MR) is 57.0 cm³/mol. The van der Waals surface area contributed by atoms with E-state index in [9.17, 15) is 0 Å². The molecule has 1 heteroatoms. The van der Waals surface area contributed by atoms with Crippen LogP contribution in [0.4, 0.5) is 0 Å². The molecule has 0 aromatic carbocycles. The van der Waals surface area contributed by atoms with Crippen LogP contribution in [0.3, 0.4) is 0 Å². The first kappa shape index (κ1) is 6.83. The van der Waals surface area contributed by atoms with Crippen LogP contribution < -0.4 is 0 Å². The van der Waals surface area contributed by atoms with Gasteiger partial charge >= 0.3 is 0 Å². The zero-order valence-corrected chi connectivity index (χ0v) is 9.21. The Labute approximate surface area is 90.2 Å². The Morgan fingerprint density at radius 3 is 2.50 bits per heavy atom. The monoisotopic (exact) mass is 204 g/mol. The number of thiol groups is 1. The van der Waals surface area contributed by atoms with Gasteiger partial charge in [0.1, 0.15) is 0 Å². The van der Waals surface area contributed by atoms with Crippen LogP contribution in [0.5, 0.6) is 0 Å². The Morgan fingerprint density at radius 1 is 0.929 bits per heavy atom. The molecule has 0 radical (unpaired) electrons. The van der Waals surface area contributed by atoms with E-state index >= 15 is 0 Å². The minimum atomic E-state index is 0.997. The molecule has 74 valence electrons. The molecule has 6 rings (SSSR count). The van der Waals surface area contributed by atoms with Crippen molar-refractivity contribution >= 4 is 12.6 Å². The molecule has 9 unspecified atom stereocenters. The lowest BCUT2D eigenvalue weighted by Crippen LogP contribution is -3.03. The first-order valence-electron chi connectivity index (χ1n) is 6.49. The van der Waals surface area contributed by atoms with Gasteiger partial charge in [-0.3, -0.25) is 0 Å². The van der Waals surface area contributed by atoms with Crippen LogP contribution in [0, 0.1) is 52.3 Å². The van der Waals surface area contributed by atoms with Gasteiger partial charge in [-0.25, -0.2) is 0 Å². The quantitative estimate of drug-likeness (QED) is 0.623. The second-order valence-corrected chi connectivity index (χ2v) is 7.43. The van der Waals surface area contributed by atoms with E-state index in [1.807, 2.05) is 0 Å². The molecule has 0 aromatic rings. The average molecular weight is 204 g/mol. The maximum absolute atomic E-state index is 4.58. The van der Waals surface area contributed by atoms with Crippen LogP contribution in [0.25, 0.3) is 0 Å². The van der Waals surface area contributed by atoms with Crippen molar-refractivity contribution in [2.24, 2.45) is 52.3 Å². The van der Waals surface area contributed by atoms with E-state index in [0.717, 1.165) is 16.7 Å². The van der Waals surface area contributed by atoms with Gasteiger partial charge in [0.05, 0.1) is 0 Å². The molecule has 0 heterocycles. The van der Waals surface area contributed by atoms with Gasteiger partial charge in [-0.1, -0.05) is 0 Å². The smallest absolute Gasteiger partial charge is 0.00637 e. The van der Waals surface area contributed by atoms with Gasteiger partial charge in [0, 0.05) is 0 Å². The van der Waals surface area contributed by atoms with Crippen LogP contribution in [-0.4, -0.2) is 5.75 Å². The van der Waals surface area contributed by atoms with Crippen molar-refractivity contribution in [2.45, 2.75) is 19.3 Å². The molecule has 0 bridgehead atoms. The van der Waals surface area contributed by atoms with E-state index in [-0.39, 0.29) is 0 Å². The molecule has 6 aliphatic rings. The number of rotatable bonds is 1. The molecule has 6 aliphatic carbocycles. The van der Waals surface area contributed by atoms with Crippen LogP contribution in [-0.2, 0) is 0 Å². The summed E-state index contributed by atoms with van der Waals surface area (Å²) in [6.07, 6.45) is 4.90. The normalized spacial score (nSPS) is 87.6. The van der Waals surface area contributed by atoms with Crippen LogP contribution in [0.15, 0.2) is 0 Å². The summed E-state index contributed by atoms with van der Waals surface area (Å²) in [6, 6.07) is 0. The van der Waals surface area contributed by atoms with Gasteiger partial charge in [-0.15, -0.1) is 0 Å². The fourth-order valence-corrected chi connectivity index (χ4v) is 8.86. The van der Waals surface area contributed by atoms with E-state index in [1.54, 1.807) is 19.3 Å². The fraction of sp³-hybridized carbons (Fsp3) is 1.00. The van der Waals surface area contributed by atoms with Gasteiger partial charge < -0.3 is 0 Å². The van der Waals surface area contributed by atoms with Crippen molar-refractivity contribution in [2.75, 3.05) is 5.75 Å². The molecule has 0 aliphatic heterocycles. The molecular weight excluding hydrogens is 188 g/mol. The summed E-state index contributed by atoms with van der Waals surface area (Å²) >= 11 is 4.58. The molecule has 0 aromatic heterocycles. The highest BCUT2D eigenvalue weighted by Gasteiger charge is 3.03. The van der Waals surface area contributed by atoms with E-state index in [4.69, 9.17) is 0 Å². The van der Waals surface area contributed by atoms with E-state index in [1.165, 1.54) is 41.3 Å². The van der Waals surface area contributed by atoms with Gasteiger partial charge in [0.15, 0.2) is 0 Å². The first-order valence-corrected chi connectivity index (χ1v) is 7.12. The van der Waals surface area contributed by atoms with E-state index < -0.39 is 0 Å². The van der Waals surface area contributed by atoms with Crippen molar-refractivity contribution in [3.8, 4) is 0 Å². The third-order valence-electron chi connectivity index (χ3n) is 8.12. The summed E-state index contributed by atoms with van der Waals surface area (Å²) < 4.78 is 0. The third-order valence-corrected chi connectivity index (χ3v) is 8.55. The largest absolute Gasteiger partial charge is 0.179 e. The van der Waals surface area contributed by atoms with Crippen molar-refractivity contribution < 1.29 is 0 Å². The summed E-state index contributed by atoms with van der Waals surface area (Å²) in [5.74, 6) is 9.56. The van der Waals surface area contributed by atoms with Crippen LogP contribution in [0.2, 0.25) is 0 Å². The SMILES string of the molecule is SCC1C2CC3C4CC5CC6C1C23C546. The molecule has 0 saturated heterocycles. The lowest BCUT2D eigenvalue weighted by Gasteiger charge is -3.07. The summed E-state index contributed by atoms with van der Waals surface area (Å²) in [5.41, 5.74) is 2.02. The van der Waals surface area contributed by atoms with Crippen molar-refractivity contribution in [3.63, 3.8) is 0 Å². The van der Waals surface area contributed by atoms with Crippen molar-refractivity contribution in [1.82, 2.24) is 0 Å². The Kier molecular flexibility index (Phi) is 0.712. The molecule has 6 fully saturated rings. The Morgan fingerprint density at radius 2 is 1.71 bits per heavy atom. The number of fused-ring (bicyclic) bond motifs is 2. The molecule has 0 amide bonds. The topological polar surface area (TPSA) is 0 Å². The Bertz CT molecular complexity index is 391. The van der Waals surface area contributed by atoms with Gasteiger partial charge in [0.25, 0.3) is 0 Å². The minimum absolute atomic E-state index is 0.997. The first-order chi connectivity index (χ1) is 6.88. The summed E-state index contributed by atoms with van der Waals surface area (Å²) in [5, 5.41) is 0. The summed E-state index contributed by atoms with van der Waals surface area (Å²) in [6.45, 7) is 0. The lowest BCUT2D eigenvalue weighted by atomic mass is 8.97. The molecule has 6 saturated carbocycles. The second-order valence-electron chi connectivity index (χ2n) is 7.07. The zero-order chi connectivity index (χ0) is 8.87. The Hall–Kier alpha value is 0.350. The maximum atomic E-state index is 4.58. The third kappa shape index (κ3) is 0.280. The summed E-state index contributed by atoms with van der Waals surface area (Å²) in [7, 11) is 0. The van der Waals surface area contributed by atoms with Crippen LogP contribution in [0.1, 0.15) is 19.3 Å². The number of hydrogen-bond donors (Lipinski definition) is 1. The van der Waals surface area contributed by atoms with Gasteiger partial charge in [0.2, 0.25) is 0 Å². The maximum Gasteiger partial charge on any atom is -0.00637 e. The second kappa shape index (κ2) is 1.46. The average Bonchev–Trinajstić information content (AvgIpc) is 2.11. The minimum Gasteiger partial charge on any atom is -0.179 e. The molecular formula is C13H16S.